The van der Waals surface area contributed by atoms with Gasteiger partial charge in [0.05, 0.1) is 5.56 Å². The molecular formula is C23H20F3NO. The smallest absolute Gasteiger partial charge is 0.313 e. The molecule has 0 aromatic heterocycles. The van der Waals surface area contributed by atoms with Gasteiger partial charge in [0.15, 0.2) is 6.29 Å². The van der Waals surface area contributed by atoms with E-state index in [4.69, 9.17) is 0 Å². The number of carbonyl (C=O) groups excluding carboxylic acids is 1. The topological polar surface area (TPSA) is 29.1 Å². The van der Waals surface area contributed by atoms with Gasteiger partial charge in [0, 0.05) is 11.6 Å². The lowest BCUT2D eigenvalue weighted by atomic mass is 10.00. The van der Waals surface area contributed by atoms with Crippen LogP contribution in [-0.4, -0.2) is 13.3 Å². The molecule has 0 amide bonds. The zero-order valence-electron chi connectivity index (χ0n) is 15.5. The lowest BCUT2D eigenvalue weighted by Crippen LogP contribution is -2.12. The Balaban J connectivity index is 0.000000200. The molecule has 0 spiro atoms. The van der Waals surface area contributed by atoms with Gasteiger partial charge in [-0.25, -0.2) is 0 Å². The first-order valence-electron chi connectivity index (χ1n) is 8.64. The van der Waals surface area contributed by atoms with Crippen molar-refractivity contribution in [1.82, 2.24) is 5.32 Å². The van der Waals surface area contributed by atoms with Gasteiger partial charge in [-0.2, -0.15) is 13.2 Å². The van der Waals surface area contributed by atoms with E-state index >= 15 is 0 Å². The quantitative estimate of drug-likeness (QED) is 0.476. The van der Waals surface area contributed by atoms with Crippen molar-refractivity contribution in [3.05, 3.63) is 83.4 Å². The number of aldehydes is 1. The molecular weight excluding hydrogens is 363 g/mol. The number of carbonyl (C=O) groups is 1. The van der Waals surface area contributed by atoms with Gasteiger partial charge >= 0.3 is 6.18 Å². The van der Waals surface area contributed by atoms with Crippen LogP contribution in [0.2, 0.25) is 0 Å². The molecule has 1 N–H and O–H groups in total. The minimum Gasteiger partial charge on any atom is -0.313 e. The van der Waals surface area contributed by atoms with Gasteiger partial charge in [-0.3, -0.25) is 4.79 Å². The van der Waals surface area contributed by atoms with Crippen LogP contribution in [0.1, 0.15) is 29.7 Å². The minimum absolute atomic E-state index is 0.173. The van der Waals surface area contributed by atoms with E-state index in [0.717, 1.165) is 12.1 Å². The van der Waals surface area contributed by atoms with Gasteiger partial charge in [-0.05, 0) is 54.4 Å². The van der Waals surface area contributed by atoms with Crippen molar-refractivity contribution in [2.45, 2.75) is 19.1 Å². The monoisotopic (exact) mass is 383 g/mol. The van der Waals surface area contributed by atoms with Gasteiger partial charge in [-0.1, -0.05) is 54.5 Å². The van der Waals surface area contributed by atoms with Crippen molar-refractivity contribution in [2.24, 2.45) is 0 Å². The van der Waals surface area contributed by atoms with Gasteiger partial charge in [0.25, 0.3) is 0 Å². The number of hydrogen-bond acceptors (Lipinski definition) is 2. The molecule has 5 heteroatoms. The lowest BCUT2D eigenvalue weighted by Gasteiger charge is -2.13. The summed E-state index contributed by atoms with van der Waals surface area (Å²) in [4.78, 5) is 9.86. The Hall–Kier alpha value is -3.10. The van der Waals surface area contributed by atoms with E-state index in [1.54, 1.807) is 0 Å². The molecule has 0 fully saturated rings. The molecule has 0 aliphatic carbocycles. The van der Waals surface area contributed by atoms with Crippen LogP contribution in [0.4, 0.5) is 13.2 Å². The van der Waals surface area contributed by atoms with E-state index in [0.29, 0.717) is 12.3 Å². The summed E-state index contributed by atoms with van der Waals surface area (Å²) in [5.74, 6) is 4.33. The Kier molecular flexibility index (Phi) is 7.36. The number of alkyl halides is 3. The second-order valence-corrected chi connectivity index (χ2v) is 6.04. The summed E-state index contributed by atoms with van der Waals surface area (Å²) in [6.45, 7) is 2.18. The molecule has 1 atom stereocenters. The van der Waals surface area contributed by atoms with Crippen molar-refractivity contribution in [3.63, 3.8) is 0 Å². The summed E-state index contributed by atoms with van der Waals surface area (Å²) in [5.41, 5.74) is 0.771. The molecule has 0 aliphatic heterocycles. The zero-order valence-corrected chi connectivity index (χ0v) is 15.5. The molecule has 0 heterocycles. The number of fused-ring (bicyclic) bond motifs is 1. The van der Waals surface area contributed by atoms with Crippen LogP contribution in [-0.2, 0) is 11.0 Å². The summed E-state index contributed by atoms with van der Waals surface area (Å²) in [5, 5.41) is 5.93. The van der Waals surface area contributed by atoms with Crippen LogP contribution in [0, 0.1) is 11.8 Å². The average Bonchev–Trinajstić information content (AvgIpc) is 2.71. The first-order valence-corrected chi connectivity index (χ1v) is 8.64. The number of hydrogen-bond donors (Lipinski definition) is 1. The van der Waals surface area contributed by atoms with Crippen molar-refractivity contribution >= 4 is 17.1 Å². The van der Waals surface area contributed by atoms with Crippen molar-refractivity contribution in [2.75, 3.05) is 7.05 Å². The summed E-state index contributed by atoms with van der Waals surface area (Å²) >= 11 is 0. The predicted molar refractivity (Wildman–Crippen MR) is 106 cm³/mol. The average molecular weight is 383 g/mol. The molecule has 0 bridgehead atoms. The third-order valence-electron chi connectivity index (χ3n) is 4.19. The maximum absolute atomic E-state index is 12.2. The van der Waals surface area contributed by atoms with Gasteiger partial charge in [-0.15, -0.1) is 0 Å². The second kappa shape index (κ2) is 9.72. The zero-order chi connectivity index (χ0) is 20.6. The fourth-order valence-electron chi connectivity index (χ4n) is 2.67. The minimum atomic E-state index is -4.38. The van der Waals surface area contributed by atoms with E-state index < -0.39 is 11.7 Å². The number of halogens is 3. The molecule has 0 aliphatic rings. The second-order valence-electron chi connectivity index (χ2n) is 6.04. The van der Waals surface area contributed by atoms with Gasteiger partial charge < -0.3 is 5.32 Å². The molecule has 2 nitrogen and oxygen atoms in total. The fraction of sp³-hybridized carbons (Fsp3) is 0.174. The van der Waals surface area contributed by atoms with E-state index in [9.17, 15) is 18.0 Å². The molecule has 0 radical (unpaired) electrons. The summed E-state index contributed by atoms with van der Waals surface area (Å²) in [6, 6.07) is 19.9. The van der Waals surface area contributed by atoms with Gasteiger partial charge in [0.2, 0.25) is 0 Å². The number of rotatable bonds is 2. The Morgan fingerprint density at radius 1 is 1.00 bits per heavy atom. The molecule has 0 saturated heterocycles. The first kappa shape index (κ1) is 21.2. The molecule has 144 valence electrons. The van der Waals surface area contributed by atoms with Crippen molar-refractivity contribution in [1.29, 1.82) is 0 Å². The third kappa shape index (κ3) is 5.70. The highest BCUT2D eigenvalue weighted by molar-refractivity contribution is 5.86. The van der Waals surface area contributed by atoms with Gasteiger partial charge in [0.1, 0.15) is 0 Å². The Morgan fingerprint density at radius 2 is 1.68 bits per heavy atom. The fourth-order valence-corrected chi connectivity index (χ4v) is 2.67. The van der Waals surface area contributed by atoms with E-state index in [-0.39, 0.29) is 5.56 Å². The van der Waals surface area contributed by atoms with Crippen LogP contribution in [0.5, 0.6) is 0 Å². The maximum Gasteiger partial charge on any atom is 0.416 e. The molecule has 28 heavy (non-hydrogen) atoms. The lowest BCUT2D eigenvalue weighted by molar-refractivity contribution is -0.137. The Labute approximate surface area is 162 Å². The summed E-state index contributed by atoms with van der Waals surface area (Å²) in [6.07, 6.45) is -4.04. The van der Waals surface area contributed by atoms with Crippen LogP contribution in [0.15, 0.2) is 66.7 Å². The highest BCUT2D eigenvalue weighted by Gasteiger charge is 2.30. The number of nitrogens with one attached hydrogen (secondary N) is 1. The highest BCUT2D eigenvalue weighted by Crippen LogP contribution is 2.29. The van der Waals surface area contributed by atoms with E-state index in [1.165, 1.54) is 28.5 Å². The molecule has 3 rings (SSSR count). The summed E-state index contributed by atoms with van der Waals surface area (Å²) in [7, 11) is 1.99. The Bertz CT molecular complexity index is 994. The van der Waals surface area contributed by atoms with Crippen LogP contribution in [0.25, 0.3) is 10.8 Å². The van der Waals surface area contributed by atoms with Crippen LogP contribution in [0.3, 0.4) is 0 Å². The van der Waals surface area contributed by atoms with Crippen molar-refractivity contribution in [3.8, 4) is 11.8 Å². The summed E-state index contributed by atoms with van der Waals surface area (Å²) < 4.78 is 36.5. The molecule has 0 saturated carbocycles. The largest absolute Gasteiger partial charge is 0.416 e. The Morgan fingerprint density at radius 3 is 2.36 bits per heavy atom. The standard InChI is InChI=1S/C13H15N.C10H5F3O/c1-10(14-2)12-9-5-7-11-6-3-4-8-13(11)12;11-10(12,13)9-5-1-3-8(7-9)4-2-6-14/h3-10,14H,1-2H3;1,3,5-7H. The van der Waals surface area contributed by atoms with Crippen LogP contribution >= 0.6 is 0 Å². The van der Waals surface area contributed by atoms with Crippen LogP contribution < -0.4 is 5.32 Å². The highest BCUT2D eigenvalue weighted by atomic mass is 19.4. The normalized spacial score (nSPS) is 11.6. The van der Waals surface area contributed by atoms with Crippen molar-refractivity contribution < 1.29 is 18.0 Å². The molecule has 3 aromatic carbocycles. The first-order chi connectivity index (χ1) is 13.4. The molecule has 1 unspecified atom stereocenters. The van der Waals surface area contributed by atoms with E-state index in [1.807, 2.05) is 13.0 Å². The third-order valence-corrected chi connectivity index (χ3v) is 4.19. The molecule has 3 aromatic rings. The van der Waals surface area contributed by atoms with E-state index in [2.05, 4.69) is 60.6 Å². The SMILES string of the molecule is CNC(C)c1cccc2ccccc12.O=CC#Cc1cccc(C(F)(F)F)c1. The number of benzene rings is 3. The maximum atomic E-state index is 12.2. The predicted octanol–water partition coefficient (Wildman–Crippen LogP) is 5.38.